The molecule has 0 aromatic heterocycles. The van der Waals surface area contributed by atoms with Gasteiger partial charge in [-0.15, -0.1) is 0 Å². The normalized spacial score (nSPS) is 9.79. The van der Waals surface area contributed by atoms with Crippen LogP contribution in [0.25, 0.3) is 0 Å². The lowest BCUT2D eigenvalue weighted by atomic mass is 10.2. The summed E-state index contributed by atoms with van der Waals surface area (Å²) in [6.45, 7) is 4.80. The highest BCUT2D eigenvalue weighted by Crippen LogP contribution is 1.77. The van der Waals surface area contributed by atoms with Crippen molar-refractivity contribution < 1.29 is 19.8 Å². The third-order valence-corrected chi connectivity index (χ3v) is 0.827. The number of hydrogen-bond donors (Lipinski definition) is 4. The van der Waals surface area contributed by atoms with Crippen LogP contribution in [0.4, 0.5) is 0 Å². The van der Waals surface area contributed by atoms with Gasteiger partial charge in [0.1, 0.15) is 0 Å². The first-order chi connectivity index (χ1) is 6.27. The number of carboxylic acid groups (broad SMARTS) is 2. The van der Waals surface area contributed by atoms with Gasteiger partial charge in [0.05, 0.1) is 0 Å². The van der Waals surface area contributed by atoms with Gasteiger partial charge in [-0.3, -0.25) is 9.59 Å². The maximum absolute atomic E-state index is 9.00. The van der Waals surface area contributed by atoms with Crippen LogP contribution >= 0.6 is 0 Å². The quantitative estimate of drug-likeness (QED) is 0.500. The number of nitrogens with two attached hydrogens (primary N) is 2. The highest BCUT2D eigenvalue weighted by molar-refractivity contribution is 5.63. The van der Waals surface area contributed by atoms with E-state index in [1.165, 1.54) is 0 Å². The molecule has 0 fully saturated rings. The molecule has 0 aliphatic rings. The van der Waals surface area contributed by atoms with Crippen molar-refractivity contribution in [1.82, 2.24) is 0 Å². The van der Waals surface area contributed by atoms with E-state index in [2.05, 4.69) is 0 Å². The predicted molar refractivity (Wildman–Crippen MR) is 53.9 cm³/mol. The van der Waals surface area contributed by atoms with E-state index >= 15 is 0 Å². The standard InChI is InChI=1S/C4H12N2.2C2H4O2/c1-2-4(6)3-5;2*1-2(3)4/h4H,2-3,5-6H2,1H3;2*1H3,(H,3,4). The molecule has 0 amide bonds. The zero-order valence-electron chi connectivity index (χ0n) is 8.86. The number of carbonyl (C=O) groups is 2. The first-order valence-corrected chi connectivity index (χ1v) is 4.12. The monoisotopic (exact) mass is 208 g/mol. The van der Waals surface area contributed by atoms with Gasteiger partial charge in [0.15, 0.2) is 0 Å². The molecular formula is C8H20N2O4. The summed E-state index contributed by atoms with van der Waals surface area (Å²) >= 11 is 0. The molecular weight excluding hydrogens is 188 g/mol. The zero-order chi connectivity index (χ0) is 12.1. The van der Waals surface area contributed by atoms with Crippen LogP contribution in [0.2, 0.25) is 0 Å². The predicted octanol–water partition coefficient (Wildman–Crippen LogP) is -0.136. The minimum Gasteiger partial charge on any atom is -0.481 e. The average molecular weight is 208 g/mol. The third kappa shape index (κ3) is 129. The second kappa shape index (κ2) is 14.4. The number of carboxylic acids is 2. The molecule has 0 bridgehead atoms. The maximum atomic E-state index is 9.00. The molecule has 6 N–H and O–H groups in total. The van der Waals surface area contributed by atoms with Crippen molar-refractivity contribution in [2.24, 2.45) is 11.5 Å². The van der Waals surface area contributed by atoms with Gasteiger partial charge in [-0.25, -0.2) is 0 Å². The molecule has 14 heavy (non-hydrogen) atoms. The lowest BCUT2D eigenvalue weighted by Crippen LogP contribution is -2.28. The minimum absolute atomic E-state index is 0.213. The first-order valence-electron chi connectivity index (χ1n) is 4.12. The molecule has 1 unspecified atom stereocenters. The van der Waals surface area contributed by atoms with Crippen LogP contribution in [0, 0.1) is 0 Å². The lowest BCUT2D eigenvalue weighted by molar-refractivity contribution is -0.135. The van der Waals surface area contributed by atoms with Crippen molar-refractivity contribution >= 4 is 11.9 Å². The van der Waals surface area contributed by atoms with Gasteiger partial charge < -0.3 is 21.7 Å². The van der Waals surface area contributed by atoms with Gasteiger partial charge in [-0.2, -0.15) is 0 Å². The van der Waals surface area contributed by atoms with Gasteiger partial charge in [0.2, 0.25) is 0 Å². The largest absolute Gasteiger partial charge is 0.481 e. The van der Waals surface area contributed by atoms with Crippen LogP contribution in [0.3, 0.4) is 0 Å². The molecule has 6 nitrogen and oxygen atoms in total. The van der Waals surface area contributed by atoms with E-state index in [0.717, 1.165) is 20.3 Å². The van der Waals surface area contributed by atoms with Crippen molar-refractivity contribution in [2.45, 2.75) is 33.2 Å². The highest BCUT2D eigenvalue weighted by Gasteiger charge is 1.88. The fourth-order valence-corrected chi connectivity index (χ4v) is 0.167. The van der Waals surface area contributed by atoms with Crippen molar-refractivity contribution in [3.8, 4) is 0 Å². The Morgan fingerprint density at radius 1 is 1.21 bits per heavy atom. The molecule has 0 aliphatic carbocycles. The molecule has 6 heteroatoms. The van der Waals surface area contributed by atoms with E-state index in [9.17, 15) is 0 Å². The van der Waals surface area contributed by atoms with Crippen LogP contribution in [-0.2, 0) is 9.59 Å². The van der Waals surface area contributed by atoms with Gasteiger partial charge >= 0.3 is 0 Å². The molecule has 0 aromatic rings. The van der Waals surface area contributed by atoms with Crippen LogP contribution in [-0.4, -0.2) is 34.7 Å². The highest BCUT2D eigenvalue weighted by atomic mass is 16.4. The van der Waals surface area contributed by atoms with Crippen LogP contribution in [0.5, 0.6) is 0 Å². The van der Waals surface area contributed by atoms with Gasteiger partial charge in [-0.05, 0) is 6.42 Å². The Morgan fingerprint density at radius 3 is 1.43 bits per heavy atom. The van der Waals surface area contributed by atoms with E-state index in [1.807, 2.05) is 6.92 Å². The fraction of sp³-hybridized carbons (Fsp3) is 0.750. The SMILES string of the molecule is CC(=O)O.CC(=O)O.CCC(N)CN. The summed E-state index contributed by atoms with van der Waals surface area (Å²) in [5.41, 5.74) is 10.5. The average Bonchev–Trinajstić information content (AvgIpc) is 2.01. The van der Waals surface area contributed by atoms with E-state index in [0.29, 0.717) is 6.54 Å². The van der Waals surface area contributed by atoms with E-state index in [1.54, 1.807) is 0 Å². The van der Waals surface area contributed by atoms with Gasteiger partial charge in [0, 0.05) is 26.4 Å². The summed E-state index contributed by atoms with van der Waals surface area (Å²) < 4.78 is 0. The summed E-state index contributed by atoms with van der Waals surface area (Å²) in [7, 11) is 0. The Balaban J connectivity index is -0.000000135. The maximum Gasteiger partial charge on any atom is 0.300 e. The van der Waals surface area contributed by atoms with Crippen molar-refractivity contribution in [3.63, 3.8) is 0 Å². The fourth-order valence-electron chi connectivity index (χ4n) is 0.167. The summed E-state index contributed by atoms with van der Waals surface area (Å²) in [4.78, 5) is 18.0. The molecule has 0 saturated carbocycles. The molecule has 0 radical (unpaired) electrons. The van der Waals surface area contributed by atoms with Crippen molar-refractivity contribution in [2.75, 3.05) is 6.54 Å². The number of hydrogen-bond acceptors (Lipinski definition) is 4. The summed E-state index contributed by atoms with van der Waals surface area (Å²) in [6, 6.07) is 0.213. The van der Waals surface area contributed by atoms with E-state index in [-0.39, 0.29) is 6.04 Å². The van der Waals surface area contributed by atoms with Crippen molar-refractivity contribution in [1.29, 1.82) is 0 Å². The molecule has 0 saturated heterocycles. The van der Waals surface area contributed by atoms with Crippen LogP contribution in [0.1, 0.15) is 27.2 Å². The smallest absolute Gasteiger partial charge is 0.300 e. The second-order valence-electron chi connectivity index (χ2n) is 2.44. The Hall–Kier alpha value is -1.14. The Morgan fingerprint density at radius 2 is 1.43 bits per heavy atom. The molecule has 0 aromatic carbocycles. The minimum atomic E-state index is -0.833. The Bertz CT molecular complexity index is 126. The molecule has 86 valence electrons. The molecule has 0 rings (SSSR count). The molecule has 0 spiro atoms. The second-order valence-corrected chi connectivity index (χ2v) is 2.44. The Labute approximate surface area is 83.9 Å². The first kappa shape index (κ1) is 18.6. The molecule has 0 heterocycles. The summed E-state index contributed by atoms with van der Waals surface area (Å²) in [6.07, 6.45) is 0.983. The molecule has 0 aliphatic heterocycles. The number of aliphatic carboxylic acids is 2. The lowest BCUT2D eigenvalue weighted by Gasteiger charge is -1.99. The van der Waals surface area contributed by atoms with E-state index < -0.39 is 11.9 Å². The summed E-state index contributed by atoms with van der Waals surface area (Å²) in [5, 5.41) is 14.8. The van der Waals surface area contributed by atoms with Gasteiger partial charge in [0.25, 0.3) is 11.9 Å². The van der Waals surface area contributed by atoms with Crippen molar-refractivity contribution in [3.05, 3.63) is 0 Å². The van der Waals surface area contributed by atoms with Gasteiger partial charge in [-0.1, -0.05) is 6.92 Å². The summed E-state index contributed by atoms with van der Waals surface area (Å²) in [5.74, 6) is -1.67. The Kier molecular flexibility index (Phi) is 19.1. The topological polar surface area (TPSA) is 127 Å². The van der Waals surface area contributed by atoms with Crippen LogP contribution < -0.4 is 11.5 Å². The van der Waals surface area contributed by atoms with E-state index in [4.69, 9.17) is 31.3 Å². The van der Waals surface area contributed by atoms with Crippen LogP contribution in [0.15, 0.2) is 0 Å². The zero-order valence-corrected chi connectivity index (χ0v) is 8.86. The third-order valence-electron chi connectivity index (χ3n) is 0.827. The molecule has 1 atom stereocenters. The number of rotatable bonds is 2.